The molecule has 1 aromatic heterocycles. The summed E-state index contributed by atoms with van der Waals surface area (Å²) in [6, 6.07) is 0.156. The Balaban J connectivity index is 2.73. The summed E-state index contributed by atoms with van der Waals surface area (Å²) in [5, 5.41) is 7.88. The summed E-state index contributed by atoms with van der Waals surface area (Å²) < 4.78 is 4.77. The van der Waals surface area contributed by atoms with Gasteiger partial charge < -0.3 is 4.74 Å². The fraction of sp³-hybridized carbons (Fsp3) is 0.625. The van der Waals surface area contributed by atoms with Crippen LogP contribution < -0.4 is 0 Å². The second-order valence-electron chi connectivity index (χ2n) is 2.86. The number of carbonyl (C=O) groups excluding carboxylic acids is 1. The Kier molecular flexibility index (Phi) is 3.00. The van der Waals surface area contributed by atoms with Crippen molar-refractivity contribution in [1.82, 2.24) is 15.0 Å². The third-order valence-corrected chi connectivity index (χ3v) is 1.45. The van der Waals surface area contributed by atoms with Crippen molar-refractivity contribution in [3.8, 4) is 0 Å². The van der Waals surface area contributed by atoms with Gasteiger partial charge in [0.25, 0.3) is 0 Å². The molecule has 0 N–H and O–H groups in total. The Morgan fingerprint density at radius 1 is 1.69 bits per heavy atom. The number of carbonyl (C=O) groups is 1. The quantitative estimate of drug-likeness (QED) is 0.657. The third kappa shape index (κ3) is 2.27. The molecule has 0 spiro atoms. The van der Waals surface area contributed by atoms with E-state index in [0.717, 1.165) is 0 Å². The largest absolute Gasteiger partial charge is 0.461 e. The Bertz CT molecular complexity index is 293. The first-order valence-electron chi connectivity index (χ1n) is 4.24. The lowest BCUT2D eigenvalue weighted by molar-refractivity contribution is 0.0518. The monoisotopic (exact) mass is 183 g/mol. The molecule has 1 aromatic rings. The molecule has 0 unspecified atom stereocenters. The van der Waals surface area contributed by atoms with Gasteiger partial charge in [-0.15, -0.1) is 5.10 Å². The van der Waals surface area contributed by atoms with Crippen molar-refractivity contribution < 1.29 is 9.53 Å². The van der Waals surface area contributed by atoms with Crippen LogP contribution in [0.4, 0.5) is 0 Å². The fourth-order valence-corrected chi connectivity index (χ4v) is 0.823. The topological polar surface area (TPSA) is 57.0 Å². The third-order valence-electron chi connectivity index (χ3n) is 1.45. The van der Waals surface area contributed by atoms with Crippen molar-refractivity contribution >= 4 is 5.97 Å². The van der Waals surface area contributed by atoms with E-state index in [1.165, 1.54) is 11.0 Å². The molecule has 13 heavy (non-hydrogen) atoms. The van der Waals surface area contributed by atoms with Crippen molar-refractivity contribution in [3.05, 3.63) is 11.9 Å². The minimum absolute atomic E-state index is 0.156. The van der Waals surface area contributed by atoms with Crippen LogP contribution in [0.25, 0.3) is 0 Å². The number of esters is 1. The van der Waals surface area contributed by atoms with Crippen LogP contribution in [0.3, 0.4) is 0 Å². The highest BCUT2D eigenvalue weighted by Crippen LogP contribution is 2.01. The van der Waals surface area contributed by atoms with Crippen molar-refractivity contribution in [3.63, 3.8) is 0 Å². The molecular formula is C8H13N3O2. The van der Waals surface area contributed by atoms with Crippen molar-refractivity contribution in [1.29, 1.82) is 0 Å². The molecule has 1 heterocycles. The summed E-state index contributed by atoms with van der Waals surface area (Å²) in [7, 11) is 0. The molecule has 0 aliphatic carbocycles. The van der Waals surface area contributed by atoms with Crippen molar-refractivity contribution in [2.45, 2.75) is 26.8 Å². The second kappa shape index (κ2) is 4.02. The van der Waals surface area contributed by atoms with Gasteiger partial charge in [0.2, 0.25) is 0 Å². The van der Waals surface area contributed by atoms with Crippen LogP contribution in [0.2, 0.25) is 0 Å². The predicted molar refractivity (Wildman–Crippen MR) is 46.4 cm³/mol. The van der Waals surface area contributed by atoms with E-state index in [1.807, 2.05) is 13.8 Å². The first-order valence-corrected chi connectivity index (χ1v) is 4.24. The van der Waals surface area contributed by atoms with Gasteiger partial charge in [-0.25, -0.2) is 4.79 Å². The van der Waals surface area contributed by atoms with Gasteiger partial charge in [-0.3, -0.25) is 0 Å². The lowest BCUT2D eigenvalue weighted by Crippen LogP contribution is -2.09. The maximum Gasteiger partial charge on any atom is 0.360 e. The van der Waals surface area contributed by atoms with Crippen LogP contribution >= 0.6 is 0 Å². The van der Waals surface area contributed by atoms with E-state index in [-0.39, 0.29) is 11.7 Å². The maximum atomic E-state index is 11.1. The van der Waals surface area contributed by atoms with Crippen molar-refractivity contribution in [2.24, 2.45) is 0 Å². The number of nitrogens with zero attached hydrogens (tertiary/aromatic N) is 3. The molecule has 0 aromatic carbocycles. The van der Waals surface area contributed by atoms with Gasteiger partial charge >= 0.3 is 5.97 Å². The van der Waals surface area contributed by atoms with Gasteiger partial charge in [0.1, 0.15) is 0 Å². The summed E-state index contributed by atoms with van der Waals surface area (Å²) in [5.41, 5.74) is 0.260. The van der Waals surface area contributed by atoms with Gasteiger partial charge in [0.05, 0.1) is 18.8 Å². The summed E-state index contributed by atoms with van der Waals surface area (Å²) in [6.45, 7) is 5.99. The zero-order valence-electron chi connectivity index (χ0n) is 8.02. The minimum atomic E-state index is -0.422. The molecule has 0 amide bonds. The van der Waals surface area contributed by atoms with E-state index < -0.39 is 5.97 Å². The molecule has 5 heteroatoms. The van der Waals surface area contributed by atoms with E-state index in [2.05, 4.69) is 10.2 Å². The maximum absolute atomic E-state index is 11.1. The summed E-state index contributed by atoms with van der Waals surface area (Å²) in [4.78, 5) is 12.6. The Morgan fingerprint density at radius 2 is 2.38 bits per heavy atom. The van der Waals surface area contributed by atoms with Crippen LogP contribution in [0.5, 0.6) is 0 Å². The summed E-state index contributed by atoms with van der Waals surface area (Å²) in [5.74, 6) is -0.422. The molecule has 72 valence electrons. The zero-order chi connectivity index (χ0) is 9.84. The van der Waals surface area contributed by atoms with Crippen LogP contribution in [-0.2, 0) is 4.74 Å². The molecule has 0 radical (unpaired) electrons. The van der Waals surface area contributed by atoms with Gasteiger partial charge in [0, 0.05) is 0 Å². The normalized spacial score (nSPS) is 10.5. The lowest BCUT2D eigenvalue weighted by Gasteiger charge is -2.00. The van der Waals surface area contributed by atoms with Crippen LogP contribution in [0.15, 0.2) is 6.20 Å². The molecule has 1 rings (SSSR count). The number of hydrogen-bond acceptors (Lipinski definition) is 4. The van der Waals surface area contributed by atoms with E-state index in [4.69, 9.17) is 4.74 Å². The van der Waals surface area contributed by atoms with Crippen molar-refractivity contribution in [2.75, 3.05) is 6.61 Å². The summed E-state index contributed by atoms with van der Waals surface area (Å²) in [6.07, 6.45) is 1.41. The molecule has 0 fully saturated rings. The Morgan fingerprint density at radius 3 is 2.85 bits per heavy atom. The SMILES string of the molecule is CCOC(=O)c1cnn(C(C)C)n1. The molecule has 0 bridgehead atoms. The summed E-state index contributed by atoms with van der Waals surface area (Å²) >= 11 is 0. The predicted octanol–water partition coefficient (Wildman–Crippen LogP) is 1.04. The van der Waals surface area contributed by atoms with Gasteiger partial charge in [-0.05, 0) is 20.8 Å². The van der Waals surface area contributed by atoms with E-state index in [9.17, 15) is 4.79 Å². The molecule has 0 aliphatic rings. The van der Waals surface area contributed by atoms with Gasteiger partial charge in [-0.1, -0.05) is 0 Å². The van der Waals surface area contributed by atoms with Crippen LogP contribution in [-0.4, -0.2) is 27.6 Å². The van der Waals surface area contributed by atoms with E-state index in [0.29, 0.717) is 6.61 Å². The number of ether oxygens (including phenoxy) is 1. The average molecular weight is 183 g/mol. The molecule has 0 aliphatic heterocycles. The Labute approximate surface area is 76.7 Å². The van der Waals surface area contributed by atoms with Gasteiger partial charge in [-0.2, -0.15) is 9.90 Å². The number of hydrogen-bond donors (Lipinski definition) is 0. The number of rotatable bonds is 3. The first kappa shape index (κ1) is 9.70. The minimum Gasteiger partial charge on any atom is -0.461 e. The standard InChI is InChI=1S/C8H13N3O2/c1-4-13-8(12)7-5-9-11(10-7)6(2)3/h5-6H,4H2,1-3H3. The highest BCUT2D eigenvalue weighted by Gasteiger charge is 2.11. The van der Waals surface area contributed by atoms with E-state index >= 15 is 0 Å². The fourth-order valence-electron chi connectivity index (χ4n) is 0.823. The Hall–Kier alpha value is -1.39. The average Bonchev–Trinajstić information content (AvgIpc) is 2.52. The first-order chi connectivity index (χ1) is 6.15. The van der Waals surface area contributed by atoms with Crippen LogP contribution in [0.1, 0.15) is 37.3 Å². The highest BCUT2D eigenvalue weighted by molar-refractivity contribution is 5.86. The molecular weight excluding hydrogens is 170 g/mol. The molecule has 0 atom stereocenters. The molecule has 5 nitrogen and oxygen atoms in total. The molecule has 0 saturated carbocycles. The molecule has 0 saturated heterocycles. The lowest BCUT2D eigenvalue weighted by atomic mass is 10.4. The number of aromatic nitrogens is 3. The second-order valence-corrected chi connectivity index (χ2v) is 2.86. The highest BCUT2D eigenvalue weighted by atomic mass is 16.5. The van der Waals surface area contributed by atoms with Crippen LogP contribution in [0, 0.1) is 0 Å². The van der Waals surface area contributed by atoms with Gasteiger partial charge in [0.15, 0.2) is 5.69 Å². The smallest absolute Gasteiger partial charge is 0.360 e. The zero-order valence-corrected chi connectivity index (χ0v) is 8.02. The van der Waals surface area contributed by atoms with E-state index in [1.54, 1.807) is 6.92 Å².